The van der Waals surface area contributed by atoms with Gasteiger partial charge in [0.15, 0.2) is 5.78 Å². The second kappa shape index (κ2) is 22.4. The fraction of sp³-hybridized carbons (Fsp3) is 0.750. The number of likely N-dealkylation sites (tertiary alicyclic amines) is 1. The van der Waals surface area contributed by atoms with E-state index < -0.39 is 42.2 Å². The first-order valence-electron chi connectivity index (χ1n) is 19.2. The van der Waals surface area contributed by atoms with Crippen LogP contribution in [-0.4, -0.2) is 116 Å². The molecule has 0 aliphatic carbocycles. The zero-order valence-corrected chi connectivity index (χ0v) is 34.7. The molecule has 298 valence electrons. The number of benzene rings is 1. The molecule has 1 aliphatic rings. The van der Waals surface area contributed by atoms with Crippen LogP contribution in [0.5, 0.6) is 0 Å². The highest BCUT2D eigenvalue weighted by molar-refractivity contribution is 6.30. The Bertz CT molecular complexity index is 1380. The number of methoxy groups -OCH3 is 2. The molecule has 0 unspecified atom stereocenters. The van der Waals surface area contributed by atoms with Gasteiger partial charge in [-0.05, 0) is 74.8 Å². The Morgan fingerprint density at radius 1 is 1.00 bits per heavy atom. The van der Waals surface area contributed by atoms with Gasteiger partial charge < -0.3 is 19.3 Å². The highest BCUT2D eigenvalue weighted by Crippen LogP contribution is 2.31. The van der Waals surface area contributed by atoms with Crippen LogP contribution in [0.3, 0.4) is 0 Å². The molecule has 0 spiro atoms. The molecule has 1 heterocycles. The number of ether oxygens (including phenoxy) is 2. The van der Waals surface area contributed by atoms with Crippen molar-refractivity contribution in [3.8, 4) is 0 Å². The maximum absolute atomic E-state index is 14.3. The lowest BCUT2D eigenvalue weighted by molar-refractivity contribution is -0.148. The molecular formula is C40H65ClN6O6. The van der Waals surface area contributed by atoms with Crippen LogP contribution in [0.4, 0.5) is 0 Å². The number of amides is 2. The molecule has 0 aromatic heterocycles. The Labute approximate surface area is 322 Å². The van der Waals surface area contributed by atoms with E-state index in [-0.39, 0.29) is 54.1 Å². The summed E-state index contributed by atoms with van der Waals surface area (Å²) in [6.45, 7) is 12.0. The van der Waals surface area contributed by atoms with Crippen LogP contribution in [0.25, 0.3) is 10.4 Å². The van der Waals surface area contributed by atoms with E-state index in [4.69, 9.17) is 21.1 Å². The van der Waals surface area contributed by atoms with Crippen molar-refractivity contribution >= 4 is 35.0 Å². The molecule has 0 bridgehead atoms. The zero-order valence-electron chi connectivity index (χ0n) is 34.0. The van der Waals surface area contributed by atoms with Crippen LogP contribution in [0.1, 0.15) is 92.1 Å². The molecular weight excluding hydrogens is 696 g/mol. The number of halogens is 1. The number of rotatable bonds is 23. The Hall–Kier alpha value is -3.02. The van der Waals surface area contributed by atoms with Crippen LogP contribution in [0.15, 0.2) is 29.4 Å². The molecule has 13 heteroatoms. The summed E-state index contributed by atoms with van der Waals surface area (Å²) in [6, 6.07) is 5.70. The highest BCUT2D eigenvalue weighted by Gasteiger charge is 2.43. The molecule has 1 fully saturated rings. The number of aryl methyl sites for hydroxylation is 1. The average molecular weight is 761 g/mol. The van der Waals surface area contributed by atoms with Gasteiger partial charge in [-0.3, -0.25) is 24.1 Å². The van der Waals surface area contributed by atoms with Gasteiger partial charge in [0.2, 0.25) is 11.8 Å². The summed E-state index contributed by atoms with van der Waals surface area (Å²) in [5.41, 5.74) is 10.4. The van der Waals surface area contributed by atoms with Gasteiger partial charge in [0.05, 0.1) is 42.7 Å². The van der Waals surface area contributed by atoms with Gasteiger partial charge in [-0.15, -0.1) is 0 Å². The number of Topliss-reactive ketones (excluding diaryl/α,β-unsaturated/α-hetero) is 2. The van der Waals surface area contributed by atoms with Crippen molar-refractivity contribution in [2.75, 3.05) is 41.9 Å². The lowest BCUT2D eigenvalue weighted by Crippen LogP contribution is -2.54. The van der Waals surface area contributed by atoms with E-state index in [0.29, 0.717) is 30.8 Å². The number of carbonyl (C=O) groups is 4. The summed E-state index contributed by atoms with van der Waals surface area (Å²) < 4.78 is 12.0. The van der Waals surface area contributed by atoms with E-state index in [1.165, 1.54) is 0 Å². The molecule has 1 aliphatic heterocycles. The number of ketones is 2. The Balaban J connectivity index is 2.26. The molecule has 0 saturated carbocycles. The summed E-state index contributed by atoms with van der Waals surface area (Å²) in [6.07, 6.45) is 2.91. The summed E-state index contributed by atoms with van der Waals surface area (Å²) in [5.74, 6) is -1.80. The first kappa shape index (κ1) is 46.1. The summed E-state index contributed by atoms with van der Waals surface area (Å²) in [7, 11) is 8.50. The lowest BCUT2D eigenvalue weighted by Gasteiger charge is -2.41. The minimum atomic E-state index is -0.889. The zero-order chi connectivity index (χ0) is 40.0. The number of azide groups is 1. The predicted octanol–water partition coefficient (Wildman–Crippen LogP) is 7.01. The van der Waals surface area contributed by atoms with Gasteiger partial charge in [0.1, 0.15) is 5.78 Å². The third kappa shape index (κ3) is 12.8. The first-order valence-corrected chi connectivity index (χ1v) is 19.5. The number of likely N-dealkylation sites (N-methyl/N-ethyl adjacent to an activating group) is 2. The van der Waals surface area contributed by atoms with E-state index in [0.717, 1.165) is 24.8 Å². The number of carbonyl (C=O) groups excluding carboxylic acids is 4. The SMILES string of the molecule is CC[C@H](C)[C@@H]([C@@H](CC(=O)N1CCC[C@H]1[C@H](OC)[C@@H](C)C(=O)CCCc1ccc(Cl)cc1)OC)N(C)C(=O)[C@@H](CC(=O)[C@H](C(C)C)N(C)C)[C@H](C)N=[N+]=[N-]. The molecule has 2 rings (SSSR count). The van der Waals surface area contributed by atoms with Gasteiger partial charge in [-0.1, -0.05) is 76.8 Å². The first-order chi connectivity index (χ1) is 25.0. The average Bonchev–Trinajstić information content (AvgIpc) is 3.60. The van der Waals surface area contributed by atoms with Gasteiger partial charge in [-0.2, -0.15) is 0 Å². The summed E-state index contributed by atoms with van der Waals surface area (Å²) in [4.78, 5) is 63.7. The molecule has 1 aromatic rings. The molecule has 53 heavy (non-hydrogen) atoms. The normalized spacial score (nSPS) is 19.1. The van der Waals surface area contributed by atoms with E-state index >= 15 is 0 Å². The van der Waals surface area contributed by atoms with Crippen molar-refractivity contribution < 1.29 is 28.7 Å². The van der Waals surface area contributed by atoms with Crippen LogP contribution in [0, 0.1) is 23.7 Å². The number of nitrogens with zero attached hydrogens (tertiary/aromatic N) is 6. The van der Waals surface area contributed by atoms with E-state index in [1.807, 2.05) is 82.8 Å². The second-order valence-electron chi connectivity index (χ2n) is 15.4. The summed E-state index contributed by atoms with van der Waals surface area (Å²) in [5, 5.41) is 4.53. The van der Waals surface area contributed by atoms with Crippen molar-refractivity contribution in [3.05, 3.63) is 45.3 Å². The standard InChI is InChI=1S/C40H65ClN6O6/c1-12-26(4)38(46(9)40(51)31(28(6)43-44-42)23-34(49)37(25(2)3)45(7)8)35(52-10)24-36(50)47-22-14-16-32(47)39(53-11)27(5)33(48)17-13-15-29-18-20-30(41)21-19-29/h18-21,25-28,31-32,35,37-39H,12-17,22-24H2,1-11H3/t26-,27-,28-,31-,32-,35+,37-,38-,39+/m0/s1. The van der Waals surface area contributed by atoms with Gasteiger partial charge in [0, 0.05) is 62.5 Å². The molecule has 1 saturated heterocycles. The predicted molar refractivity (Wildman–Crippen MR) is 210 cm³/mol. The number of hydrogen-bond acceptors (Lipinski definition) is 8. The van der Waals surface area contributed by atoms with Crippen molar-refractivity contribution in [1.82, 2.24) is 14.7 Å². The van der Waals surface area contributed by atoms with E-state index in [9.17, 15) is 24.7 Å². The Morgan fingerprint density at radius 2 is 1.64 bits per heavy atom. The Kier molecular flexibility index (Phi) is 19.5. The van der Waals surface area contributed by atoms with Crippen molar-refractivity contribution in [1.29, 1.82) is 0 Å². The maximum Gasteiger partial charge on any atom is 0.226 e. The Morgan fingerprint density at radius 3 is 2.17 bits per heavy atom. The smallest absolute Gasteiger partial charge is 0.226 e. The summed E-state index contributed by atoms with van der Waals surface area (Å²) >= 11 is 6.01. The van der Waals surface area contributed by atoms with Gasteiger partial charge in [0.25, 0.3) is 0 Å². The largest absolute Gasteiger partial charge is 0.379 e. The quantitative estimate of drug-likeness (QED) is 0.0663. The molecule has 0 N–H and O–H groups in total. The van der Waals surface area contributed by atoms with Crippen LogP contribution in [-0.2, 0) is 35.1 Å². The van der Waals surface area contributed by atoms with E-state index in [2.05, 4.69) is 10.0 Å². The fourth-order valence-electron chi connectivity index (χ4n) is 8.17. The van der Waals surface area contributed by atoms with Gasteiger partial charge >= 0.3 is 0 Å². The van der Waals surface area contributed by atoms with Gasteiger partial charge in [-0.25, -0.2) is 0 Å². The second-order valence-corrected chi connectivity index (χ2v) is 15.8. The van der Waals surface area contributed by atoms with E-state index in [1.54, 1.807) is 33.1 Å². The lowest BCUT2D eigenvalue weighted by atomic mass is 9.85. The van der Waals surface area contributed by atoms with Crippen LogP contribution in [0.2, 0.25) is 5.02 Å². The minimum Gasteiger partial charge on any atom is -0.379 e. The molecule has 12 nitrogen and oxygen atoms in total. The minimum absolute atomic E-state index is 0.0189. The van der Waals surface area contributed by atoms with Crippen molar-refractivity contribution in [2.45, 2.75) is 129 Å². The number of hydrogen-bond donors (Lipinski definition) is 0. The van der Waals surface area contributed by atoms with Crippen molar-refractivity contribution in [2.24, 2.45) is 28.8 Å². The van der Waals surface area contributed by atoms with Crippen LogP contribution < -0.4 is 0 Å². The fourth-order valence-corrected chi connectivity index (χ4v) is 8.29. The topological polar surface area (TPSA) is 145 Å². The monoisotopic (exact) mass is 760 g/mol. The molecule has 1 aromatic carbocycles. The highest BCUT2D eigenvalue weighted by atomic mass is 35.5. The van der Waals surface area contributed by atoms with Crippen LogP contribution >= 0.6 is 11.6 Å². The third-order valence-electron chi connectivity index (χ3n) is 11.2. The molecule has 9 atom stereocenters. The molecule has 2 amide bonds. The maximum atomic E-state index is 14.3. The van der Waals surface area contributed by atoms with Crippen molar-refractivity contribution in [3.63, 3.8) is 0 Å². The molecule has 0 radical (unpaired) electrons. The third-order valence-corrected chi connectivity index (χ3v) is 11.5.